The third-order valence-electron chi connectivity index (χ3n) is 5.83. The molecule has 2 nitrogen and oxygen atoms in total. The number of hydrogen-bond acceptors (Lipinski definition) is 0. The average Bonchev–Trinajstić information content (AvgIpc) is 3.40. The van der Waals surface area contributed by atoms with Gasteiger partial charge >= 0.3 is 0 Å². The summed E-state index contributed by atoms with van der Waals surface area (Å²) in [7, 11) is 0. The molecule has 6 aromatic rings. The molecule has 2 aromatic heterocycles. The largest absolute Gasteiger partial charge is 0.361 e. The lowest BCUT2D eigenvalue weighted by atomic mass is 10.0. The number of aromatic amines is 1. The van der Waals surface area contributed by atoms with E-state index in [-0.39, 0.29) is 0 Å². The van der Waals surface area contributed by atoms with Gasteiger partial charge in [-0.1, -0.05) is 60.7 Å². The highest BCUT2D eigenvalue weighted by Crippen LogP contribution is 2.28. The molecule has 1 N–H and O–H groups in total. The van der Waals surface area contributed by atoms with E-state index in [1.165, 1.54) is 49.3 Å². The van der Waals surface area contributed by atoms with Gasteiger partial charge in [0.1, 0.15) is 0 Å². The van der Waals surface area contributed by atoms with Crippen LogP contribution < -0.4 is 0 Å². The van der Waals surface area contributed by atoms with Gasteiger partial charge in [0.05, 0.1) is 0 Å². The molecule has 0 amide bonds. The van der Waals surface area contributed by atoms with Gasteiger partial charge in [0.25, 0.3) is 0 Å². The number of hydrogen-bond donors (Lipinski definition) is 1. The summed E-state index contributed by atoms with van der Waals surface area (Å²) in [6.07, 6.45) is 4.18. The molecule has 2 heteroatoms. The molecule has 0 aliphatic carbocycles. The van der Waals surface area contributed by atoms with Crippen LogP contribution in [0.3, 0.4) is 0 Å². The smallest absolute Gasteiger partial charge is 0.0489 e. The maximum absolute atomic E-state index is 3.32. The molecular weight excluding hydrogens is 352 g/mol. The number of nitrogens with zero attached hydrogens (tertiary/aromatic N) is 1. The van der Waals surface area contributed by atoms with Gasteiger partial charge in [0.15, 0.2) is 0 Å². The second kappa shape index (κ2) is 6.39. The molecule has 29 heavy (non-hydrogen) atoms. The molecule has 138 valence electrons. The van der Waals surface area contributed by atoms with Crippen LogP contribution in [0.25, 0.3) is 43.7 Å². The lowest BCUT2D eigenvalue weighted by Crippen LogP contribution is -1.98. The van der Waals surface area contributed by atoms with Gasteiger partial charge < -0.3 is 9.55 Å². The van der Waals surface area contributed by atoms with Crippen LogP contribution in [0.4, 0.5) is 0 Å². The van der Waals surface area contributed by atoms with Crippen LogP contribution >= 0.6 is 0 Å². The van der Waals surface area contributed by atoms with Gasteiger partial charge in [0, 0.05) is 30.0 Å². The van der Waals surface area contributed by atoms with E-state index in [1.807, 2.05) is 6.20 Å². The van der Waals surface area contributed by atoms with E-state index in [4.69, 9.17) is 0 Å². The predicted molar refractivity (Wildman–Crippen MR) is 122 cm³/mol. The maximum Gasteiger partial charge on any atom is 0.0489 e. The summed E-state index contributed by atoms with van der Waals surface area (Å²) in [5.74, 6) is 0. The molecule has 0 aliphatic heterocycles. The summed E-state index contributed by atoms with van der Waals surface area (Å²) in [5, 5.41) is 5.10. The van der Waals surface area contributed by atoms with E-state index in [0.29, 0.717) is 0 Å². The van der Waals surface area contributed by atoms with E-state index in [9.17, 15) is 0 Å². The molecule has 2 heterocycles. The van der Waals surface area contributed by atoms with Crippen LogP contribution in [0.2, 0.25) is 0 Å². The minimum atomic E-state index is 0.869. The standard InChI is InChI=1S/C27H20N2/c1-2-4-23-15-19(5-6-20(23)3-1)18-29-14-12-22-8-10-25(17-27(22)29)24-9-7-21-11-13-28-26(21)16-24/h1-17,28H,18H2. The van der Waals surface area contributed by atoms with Gasteiger partial charge in [-0.3, -0.25) is 0 Å². The van der Waals surface area contributed by atoms with E-state index in [2.05, 4.69) is 107 Å². The summed E-state index contributed by atoms with van der Waals surface area (Å²) in [6, 6.07) is 32.9. The number of nitrogens with one attached hydrogen (secondary N) is 1. The molecule has 0 radical (unpaired) electrons. The van der Waals surface area contributed by atoms with Crippen molar-refractivity contribution >= 4 is 32.6 Å². The highest BCUT2D eigenvalue weighted by Gasteiger charge is 2.07. The molecule has 0 fully saturated rings. The Balaban J connectivity index is 1.41. The average molecular weight is 372 g/mol. The fraction of sp³-hybridized carbons (Fsp3) is 0.0370. The molecule has 0 bridgehead atoms. The van der Waals surface area contributed by atoms with Crippen molar-refractivity contribution in [1.82, 2.24) is 9.55 Å². The molecule has 6 rings (SSSR count). The minimum Gasteiger partial charge on any atom is -0.361 e. The lowest BCUT2D eigenvalue weighted by molar-refractivity contribution is 0.838. The Hall–Kier alpha value is -3.78. The Kier molecular flexibility index (Phi) is 3.57. The van der Waals surface area contributed by atoms with E-state index in [1.54, 1.807) is 0 Å². The van der Waals surface area contributed by atoms with Crippen molar-refractivity contribution in [3.8, 4) is 11.1 Å². The molecule has 0 spiro atoms. The number of aromatic nitrogens is 2. The topological polar surface area (TPSA) is 20.7 Å². The van der Waals surface area contributed by atoms with E-state index >= 15 is 0 Å². The summed E-state index contributed by atoms with van der Waals surface area (Å²) in [6.45, 7) is 0.869. The molecule has 0 aliphatic rings. The molecule has 0 unspecified atom stereocenters. The molecular formula is C27H20N2. The number of benzene rings is 4. The van der Waals surface area contributed by atoms with Crippen LogP contribution in [-0.4, -0.2) is 9.55 Å². The van der Waals surface area contributed by atoms with Crippen LogP contribution in [0.1, 0.15) is 5.56 Å². The van der Waals surface area contributed by atoms with Crippen molar-refractivity contribution in [1.29, 1.82) is 0 Å². The zero-order valence-corrected chi connectivity index (χ0v) is 16.0. The summed E-state index contributed by atoms with van der Waals surface area (Å²) in [5.41, 5.74) is 6.24. The normalized spacial score (nSPS) is 11.6. The minimum absolute atomic E-state index is 0.869. The fourth-order valence-electron chi connectivity index (χ4n) is 4.26. The SMILES string of the molecule is c1ccc2cc(Cn3ccc4ccc(-c5ccc6cc[nH]c6c5)cc43)ccc2c1. The first kappa shape index (κ1) is 16.2. The lowest BCUT2D eigenvalue weighted by Gasteiger charge is -2.09. The third-order valence-corrected chi connectivity index (χ3v) is 5.83. The van der Waals surface area contributed by atoms with Crippen molar-refractivity contribution in [2.45, 2.75) is 6.54 Å². The van der Waals surface area contributed by atoms with E-state index in [0.717, 1.165) is 6.54 Å². The van der Waals surface area contributed by atoms with Crippen molar-refractivity contribution in [3.05, 3.63) is 109 Å². The summed E-state index contributed by atoms with van der Waals surface area (Å²) >= 11 is 0. The first-order valence-electron chi connectivity index (χ1n) is 9.98. The van der Waals surface area contributed by atoms with Gasteiger partial charge in [0.2, 0.25) is 0 Å². The first-order chi connectivity index (χ1) is 14.3. The zero-order valence-electron chi connectivity index (χ0n) is 16.0. The quantitative estimate of drug-likeness (QED) is 0.345. The van der Waals surface area contributed by atoms with Crippen molar-refractivity contribution in [3.63, 3.8) is 0 Å². The van der Waals surface area contributed by atoms with Gasteiger partial charge in [-0.25, -0.2) is 0 Å². The summed E-state index contributed by atoms with van der Waals surface area (Å²) in [4.78, 5) is 3.32. The van der Waals surface area contributed by atoms with Crippen molar-refractivity contribution in [2.24, 2.45) is 0 Å². The molecule has 0 saturated heterocycles. The Morgan fingerprint density at radius 3 is 2.34 bits per heavy atom. The monoisotopic (exact) mass is 372 g/mol. The Bertz CT molecular complexity index is 1480. The number of fused-ring (bicyclic) bond motifs is 3. The fourth-order valence-corrected chi connectivity index (χ4v) is 4.26. The highest BCUT2D eigenvalue weighted by atomic mass is 14.9. The van der Waals surface area contributed by atoms with Gasteiger partial charge in [-0.2, -0.15) is 0 Å². The molecule has 0 saturated carbocycles. The Morgan fingerprint density at radius 1 is 0.621 bits per heavy atom. The predicted octanol–water partition coefficient (Wildman–Crippen LogP) is 6.99. The van der Waals surface area contributed by atoms with Crippen LogP contribution in [0.5, 0.6) is 0 Å². The number of H-pyrrole nitrogens is 1. The van der Waals surface area contributed by atoms with Crippen LogP contribution in [0.15, 0.2) is 103 Å². The maximum atomic E-state index is 3.32. The van der Waals surface area contributed by atoms with Gasteiger partial charge in [-0.05, 0) is 68.6 Å². The first-order valence-corrected chi connectivity index (χ1v) is 9.98. The van der Waals surface area contributed by atoms with Crippen LogP contribution in [-0.2, 0) is 6.54 Å². The number of rotatable bonds is 3. The third kappa shape index (κ3) is 2.81. The van der Waals surface area contributed by atoms with Gasteiger partial charge in [-0.15, -0.1) is 0 Å². The van der Waals surface area contributed by atoms with Crippen molar-refractivity contribution < 1.29 is 0 Å². The highest BCUT2D eigenvalue weighted by molar-refractivity contribution is 5.89. The van der Waals surface area contributed by atoms with E-state index < -0.39 is 0 Å². The van der Waals surface area contributed by atoms with Crippen LogP contribution in [0, 0.1) is 0 Å². The molecule has 0 atom stereocenters. The van der Waals surface area contributed by atoms with Crippen molar-refractivity contribution in [2.75, 3.05) is 0 Å². The zero-order chi connectivity index (χ0) is 19.2. The summed E-state index contributed by atoms with van der Waals surface area (Å²) < 4.78 is 2.34. The Morgan fingerprint density at radius 2 is 1.41 bits per heavy atom. The second-order valence-electron chi connectivity index (χ2n) is 7.68. The second-order valence-corrected chi connectivity index (χ2v) is 7.68. The molecule has 4 aromatic carbocycles. The Labute approximate surface area is 169 Å².